The van der Waals surface area contributed by atoms with E-state index in [1.807, 2.05) is 0 Å². The third-order valence-electron chi connectivity index (χ3n) is 4.18. The Morgan fingerprint density at radius 1 is 0.867 bits per heavy atom. The van der Waals surface area contributed by atoms with Crippen LogP contribution in [0.5, 0.6) is 0 Å². The van der Waals surface area contributed by atoms with E-state index >= 15 is 0 Å². The molecule has 0 aromatic heterocycles. The van der Waals surface area contributed by atoms with Crippen molar-refractivity contribution in [3.05, 3.63) is 0 Å². The van der Waals surface area contributed by atoms with E-state index in [4.69, 9.17) is 6.42 Å². The molecule has 1 heteroatoms. The van der Waals surface area contributed by atoms with Gasteiger partial charge in [0.25, 0.3) is 0 Å². The van der Waals surface area contributed by atoms with Crippen LogP contribution in [-0.4, -0.2) is 11.3 Å². The maximum absolute atomic E-state index is 5.78. The van der Waals surface area contributed by atoms with Gasteiger partial charge in [0, 0.05) is 0 Å². The number of hydrogen-bond acceptors (Lipinski definition) is 0. The van der Waals surface area contributed by atoms with Crippen molar-refractivity contribution in [1.82, 2.24) is 0 Å². The highest BCUT2D eigenvalue weighted by atomic mass is 31.1. The topological polar surface area (TPSA) is 0 Å². The predicted molar refractivity (Wildman–Crippen MR) is 71.5 cm³/mol. The molecule has 0 bridgehead atoms. The number of terminal acetylenes is 1. The summed E-state index contributed by atoms with van der Waals surface area (Å²) in [4.78, 5) is 0. The molecule has 1 saturated heterocycles. The Hall–Kier alpha value is -0.0100. The summed E-state index contributed by atoms with van der Waals surface area (Å²) in [5.41, 5.74) is 4.86. The molecule has 1 aliphatic rings. The van der Waals surface area contributed by atoms with Crippen LogP contribution in [0.1, 0.15) is 53.4 Å². The van der Waals surface area contributed by atoms with Crippen LogP contribution in [0.15, 0.2) is 0 Å². The van der Waals surface area contributed by atoms with Crippen LogP contribution >= 0.6 is 7.92 Å². The number of rotatable bonds is 4. The molecule has 0 nitrogen and oxygen atoms in total. The molecule has 1 heterocycles. The van der Waals surface area contributed by atoms with Crippen molar-refractivity contribution in [2.45, 2.75) is 64.7 Å². The second-order valence-electron chi connectivity index (χ2n) is 4.63. The zero-order valence-corrected chi connectivity index (χ0v) is 11.6. The smallest absolute Gasteiger partial charge is 0.00667 e. The van der Waals surface area contributed by atoms with Gasteiger partial charge in [-0.25, -0.2) is 0 Å². The molecule has 0 amide bonds. The largest absolute Gasteiger partial charge is 0.115 e. The molecular weight excluding hydrogens is 199 g/mol. The third kappa shape index (κ3) is 2.24. The molecule has 0 saturated carbocycles. The van der Waals surface area contributed by atoms with Crippen molar-refractivity contribution in [3.63, 3.8) is 0 Å². The molecule has 86 valence electrons. The molecule has 0 aromatic carbocycles. The van der Waals surface area contributed by atoms with Gasteiger partial charge in [-0.15, -0.1) is 6.42 Å². The van der Waals surface area contributed by atoms with Crippen molar-refractivity contribution in [3.8, 4) is 12.1 Å². The average Bonchev–Trinajstić information content (AvgIpc) is 2.59. The first-order valence-electron chi connectivity index (χ1n) is 6.49. The van der Waals surface area contributed by atoms with E-state index in [0.29, 0.717) is 0 Å². The molecule has 4 atom stereocenters. The van der Waals surface area contributed by atoms with E-state index < -0.39 is 0 Å². The Morgan fingerprint density at radius 3 is 1.47 bits per heavy atom. The summed E-state index contributed by atoms with van der Waals surface area (Å²) >= 11 is 0. The lowest BCUT2D eigenvalue weighted by Crippen LogP contribution is -2.20. The fraction of sp³-hybridized carbons (Fsp3) is 0.857. The van der Waals surface area contributed by atoms with Gasteiger partial charge in [0.1, 0.15) is 0 Å². The summed E-state index contributed by atoms with van der Waals surface area (Å²) in [5.74, 6) is 1.82. The molecule has 0 N–H and O–H groups in total. The summed E-state index contributed by atoms with van der Waals surface area (Å²) in [6.07, 6.45) is 11.0. The van der Waals surface area contributed by atoms with Gasteiger partial charge in [-0.3, -0.25) is 0 Å². The molecule has 0 radical (unpaired) electrons. The fourth-order valence-corrected chi connectivity index (χ4v) is 6.92. The van der Waals surface area contributed by atoms with E-state index in [1.54, 1.807) is 0 Å². The van der Waals surface area contributed by atoms with Crippen molar-refractivity contribution < 1.29 is 0 Å². The molecule has 0 aromatic rings. The molecule has 0 spiro atoms. The fourth-order valence-electron chi connectivity index (χ4n) is 3.57. The summed E-state index contributed by atoms with van der Waals surface area (Å²) < 4.78 is 0. The lowest BCUT2D eigenvalue weighted by atomic mass is 9.82. The molecule has 1 fully saturated rings. The SMILES string of the molecule is C#CP1C(CC)C(CC)C(CC)C1CC. The zero-order valence-electron chi connectivity index (χ0n) is 10.7. The minimum atomic E-state index is -0.132. The van der Waals surface area contributed by atoms with Crippen LogP contribution in [0.4, 0.5) is 0 Å². The maximum Gasteiger partial charge on any atom is -0.00667 e. The van der Waals surface area contributed by atoms with Gasteiger partial charge in [0.05, 0.1) is 0 Å². The third-order valence-corrected chi connectivity index (χ3v) is 7.40. The van der Waals surface area contributed by atoms with Crippen molar-refractivity contribution in [2.24, 2.45) is 11.8 Å². The van der Waals surface area contributed by atoms with Gasteiger partial charge in [0.15, 0.2) is 0 Å². The Labute approximate surface area is 97.0 Å². The van der Waals surface area contributed by atoms with E-state index in [0.717, 1.165) is 23.2 Å². The molecule has 1 aliphatic heterocycles. The van der Waals surface area contributed by atoms with Gasteiger partial charge in [0.2, 0.25) is 0 Å². The minimum Gasteiger partial charge on any atom is -0.115 e. The van der Waals surface area contributed by atoms with Gasteiger partial charge in [-0.1, -0.05) is 46.2 Å². The summed E-state index contributed by atoms with van der Waals surface area (Å²) in [6.45, 7) is 9.34. The molecule has 4 unspecified atom stereocenters. The Kier molecular flexibility index (Phi) is 5.14. The van der Waals surface area contributed by atoms with E-state index in [1.165, 1.54) is 25.7 Å². The Balaban J connectivity index is 2.93. The number of hydrogen-bond donors (Lipinski definition) is 0. The maximum atomic E-state index is 5.78. The van der Waals surface area contributed by atoms with Crippen molar-refractivity contribution in [2.75, 3.05) is 0 Å². The highest BCUT2D eigenvalue weighted by Crippen LogP contribution is 2.63. The first kappa shape index (κ1) is 13.1. The van der Waals surface area contributed by atoms with Crippen LogP contribution in [-0.2, 0) is 0 Å². The van der Waals surface area contributed by atoms with Crippen molar-refractivity contribution >= 4 is 7.92 Å². The molecule has 0 aliphatic carbocycles. The van der Waals surface area contributed by atoms with E-state index in [9.17, 15) is 0 Å². The molecular formula is C14H25P. The van der Waals surface area contributed by atoms with Gasteiger partial charge in [-0.2, -0.15) is 0 Å². The van der Waals surface area contributed by atoms with Crippen LogP contribution in [0.3, 0.4) is 0 Å². The first-order chi connectivity index (χ1) is 7.24. The zero-order chi connectivity index (χ0) is 11.4. The molecule has 1 rings (SSSR count). The van der Waals surface area contributed by atoms with Crippen LogP contribution in [0.25, 0.3) is 0 Å². The van der Waals surface area contributed by atoms with Crippen LogP contribution in [0, 0.1) is 23.9 Å². The quantitative estimate of drug-likeness (QED) is 0.480. The average molecular weight is 224 g/mol. The highest BCUT2D eigenvalue weighted by molar-refractivity contribution is 7.64. The monoisotopic (exact) mass is 224 g/mol. The van der Waals surface area contributed by atoms with Gasteiger partial charge >= 0.3 is 0 Å². The highest BCUT2D eigenvalue weighted by Gasteiger charge is 2.45. The predicted octanol–water partition coefficient (Wildman–Crippen LogP) is 4.68. The van der Waals surface area contributed by atoms with Gasteiger partial charge < -0.3 is 0 Å². The van der Waals surface area contributed by atoms with E-state index in [2.05, 4.69) is 33.4 Å². The Bertz CT molecular complexity index is 210. The second-order valence-corrected chi connectivity index (χ2v) is 7.03. The van der Waals surface area contributed by atoms with Gasteiger partial charge in [-0.05, 0) is 43.9 Å². The first-order valence-corrected chi connectivity index (χ1v) is 7.97. The summed E-state index contributed by atoms with van der Waals surface area (Å²) in [6, 6.07) is 0. The van der Waals surface area contributed by atoms with E-state index in [-0.39, 0.29) is 7.92 Å². The lowest BCUT2D eigenvalue weighted by molar-refractivity contribution is 0.314. The van der Waals surface area contributed by atoms with Crippen LogP contribution in [0.2, 0.25) is 0 Å². The van der Waals surface area contributed by atoms with Crippen LogP contribution < -0.4 is 0 Å². The standard InChI is InChI=1S/C14H25P/c1-6-11-12(7-2)14(9-4)15(10-5)13(11)8-3/h5,11-14H,6-9H2,1-4H3. The summed E-state index contributed by atoms with van der Waals surface area (Å²) in [5, 5.41) is 0. The second kappa shape index (κ2) is 5.91. The molecule has 15 heavy (non-hydrogen) atoms. The lowest BCUT2D eigenvalue weighted by Gasteiger charge is -2.22. The summed E-state index contributed by atoms with van der Waals surface area (Å²) in [7, 11) is -0.132. The Morgan fingerprint density at radius 2 is 1.27 bits per heavy atom. The normalized spacial score (nSPS) is 40.3. The minimum absolute atomic E-state index is 0.132. The van der Waals surface area contributed by atoms with Crippen molar-refractivity contribution in [1.29, 1.82) is 0 Å².